The van der Waals surface area contributed by atoms with Crippen LogP contribution in [0.5, 0.6) is 0 Å². The van der Waals surface area contributed by atoms with Crippen LogP contribution in [0.4, 0.5) is 9.59 Å². The molecule has 2 heterocycles. The minimum atomic E-state index is -1.88. The van der Waals surface area contributed by atoms with Crippen LogP contribution in [0, 0.1) is 0 Å². The van der Waals surface area contributed by atoms with Crippen LogP contribution in [-0.4, -0.2) is 93.1 Å². The normalized spacial score (nSPS) is 19.2. The molecular weight excluding hydrogens is 632 g/mol. The Morgan fingerprint density at radius 1 is 0.796 bits per heavy atom. The van der Waals surface area contributed by atoms with Gasteiger partial charge in [-0.05, 0) is 78.5 Å². The lowest BCUT2D eigenvalue weighted by Crippen LogP contribution is -2.55. The first kappa shape index (κ1) is 36.8. The first-order chi connectivity index (χ1) is 22.8. The summed E-state index contributed by atoms with van der Waals surface area (Å²) in [6.07, 6.45) is 0.595. The number of carboxylic acid groups (broad SMARTS) is 1. The van der Waals surface area contributed by atoms with E-state index in [-0.39, 0.29) is 12.1 Å². The highest BCUT2D eigenvalue weighted by molar-refractivity contribution is 6.02. The fourth-order valence-corrected chi connectivity index (χ4v) is 5.78. The van der Waals surface area contributed by atoms with Gasteiger partial charge in [-0.2, -0.15) is 0 Å². The number of carbonyl (C=O) groups excluding carboxylic acids is 5. The van der Waals surface area contributed by atoms with Crippen LogP contribution in [-0.2, 0) is 23.8 Å². The van der Waals surface area contributed by atoms with E-state index < -0.39 is 71.5 Å². The molecule has 0 unspecified atom stereocenters. The number of amides is 2. The van der Waals surface area contributed by atoms with Crippen LogP contribution >= 0.6 is 0 Å². The van der Waals surface area contributed by atoms with E-state index in [4.69, 9.17) is 14.2 Å². The Bertz CT molecular complexity index is 1650. The molecule has 0 aromatic heterocycles. The molecule has 4 rings (SSSR count). The van der Waals surface area contributed by atoms with E-state index in [0.717, 1.165) is 16.0 Å². The molecule has 1 N–H and O–H groups in total. The van der Waals surface area contributed by atoms with Gasteiger partial charge in [-0.25, -0.2) is 19.2 Å². The molecule has 2 aliphatic heterocycles. The Balaban J connectivity index is 1.38. The number of nitrogens with zero attached hydrogens (tertiary/aromatic N) is 2. The van der Waals surface area contributed by atoms with E-state index in [9.17, 15) is 33.9 Å². The molecule has 0 spiro atoms. The zero-order chi connectivity index (χ0) is 36.3. The molecule has 12 nitrogen and oxygen atoms in total. The summed E-state index contributed by atoms with van der Waals surface area (Å²) >= 11 is 0. The molecule has 0 bridgehead atoms. The van der Waals surface area contributed by atoms with Crippen molar-refractivity contribution in [2.24, 2.45) is 0 Å². The fourth-order valence-electron chi connectivity index (χ4n) is 5.78. The van der Waals surface area contributed by atoms with Gasteiger partial charge >= 0.3 is 24.1 Å². The predicted octanol–water partition coefficient (Wildman–Crippen LogP) is 6.07. The molecule has 1 fully saturated rings. The number of rotatable bonds is 9. The van der Waals surface area contributed by atoms with Crippen LogP contribution in [0.3, 0.4) is 0 Å². The van der Waals surface area contributed by atoms with Gasteiger partial charge in [0, 0.05) is 30.6 Å². The minimum Gasteiger partial charge on any atom is -0.479 e. The van der Waals surface area contributed by atoms with E-state index in [1.807, 2.05) is 0 Å². The summed E-state index contributed by atoms with van der Waals surface area (Å²) in [6, 6.07) is 12.4. The molecule has 2 aromatic carbocycles. The third kappa shape index (κ3) is 8.92. The lowest BCUT2D eigenvalue weighted by Gasteiger charge is -2.35. The van der Waals surface area contributed by atoms with Crippen molar-refractivity contribution in [1.29, 1.82) is 0 Å². The summed E-state index contributed by atoms with van der Waals surface area (Å²) in [5, 5.41) is 10.2. The number of aliphatic carboxylic acids is 1. The topological polar surface area (TPSA) is 157 Å². The van der Waals surface area contributed by atoms with Crippen LogP contribution < -0.4 is 0 Å². The van der Waals surface area contributed by atoms with Crippen molar-refractivity contribution in [3.8, 4) is 11.1 Å². The Kier molecular flexibility index (Phi) is 10.7. The van der Waals surface area contributed by atoms with Crippen molar-refractivity contribution in [2.75, 3.05) is 19.7 Å². The summed E-state index contributed by atoms with van der Waals surface area (Å²) in [5.74, 6) is -2.86. The maximum Gasteiger partial charge on any atom is 0.411 e. The predicted molar refractivity (Wildman–Crippen MR) is 179 cm³/mol. The number of benzene rings is 2. The maximum atomic E-state index is 13.4. The van der Waals surface area contributed by atoms with Gasteiger partial charge in [0.1, 0.15) is 17.2 Å². The number of ketones is 2. The molecule has 12 heteroatoms. The zero-order valence-electron chi connectivity index (χ0n) is 29.0. The second-order valence-electron chi connectivity index (χ2n) is 14.4. The number of carboxylic acids is 1. The first-order valence-electron chi connectivity index (χ1n) is 16.2. The Morgan fingerprint density at radius 2 is 1.31 bits per heavy atom. The molecule has 0 radical (unpaired) electrons. The number of hydrogen-bond donors (Lipinski definition) is 1. The molecule has 2 aliphatic rings. The quantitative estimate of drug-likeness (QED) is 0.143. The van der Waals surface area contributed by atoms with E-state index in [0.29, 0.717) is 30.5 Å². The molecule has 2 amide bonds. The number of hydrogen-bond acceptors (Lipinski definition) is 9. The number of Topliss-reactive ketones (excluding diaryl/α,β-unsaturated/α-hetero) is 2. The molecule has 0 saturated carbocycles. The molecule has 1 saturated heterocycles. The molecule has 49 heavy (non-hydrogen) atoms. The Hall–Kier alpha value is -5.00. The van der Waals surface area contributed by atoms with Gasteiger partial charge in [-0.3, -0.25) is 19.4 Å². The molecular formula is C37H44N2O10. The van der Waals surface area contributed by atoms with E-state index in [1.165, 1.54) is 11.0 Å². The van der Waals surface area contributed by atoms with E-state index in [2.05, 4.69) is 0 Å². The van der Waals surface area contributed by atoms with Crippen molar-refractivity contribution in [3.05, 3.63) is 71.3 Å². The van der Waals surface area contributed by atoms with Crippen LogP contribution in [0.2, 0.25) is 0 Å². The minimum absolute atomic E-state index is 0.0293. The van der Waals surface area contributed by atoms with Gasteiger partial charge in [-0.15, -0.1) is 0 Å². The number of esters is 1. The zero-order valence-corrected chi connectivity index (χ0v) is 29.0. The smallest absolute Gasteiger partial charge is 0.411 e. The number of carbonyl (C=O) groups is 6. The first-order valence-corrected chi connectivity index (χ1v) is 16.2. The SMILES string of the molecule is CC1=C[C@@](CC(=O)c2ccc(-c3ccc(C(=O)COC(=O)[C@@H]4CCCN4C(=O)OC(C)(C)C)cc3)cc2)(C(=O)O)N(C(=O)OC(C)(C)C)C1. The van der Waals surface area contributed by atoms with Gasteiger partial charge in [0.05, 0.1) is 0 Å². The summed E-state index contributed by atoms with van der Waals surface area (Å²) in [4.78, 5) is 79.3. The number of ether oxygens (including phenoxy) is 3. The number of likely N-dealkylation sites (tertiary alicyclic amines) is 1. The van der Waals surface area contributed by atoms with Crippen LogP contribution in [0.1, 0.15) is 88.4 Å². The van der Waals surface area contributed by atoms with Gasteiger partial charge in [-0.1, -0.05) is 54.1 Å². The average Bonchev–Trinajstić information content (AvgIpc) is 3.64. The van der Waals surface area contributed by atoms with Crippen molar-refractivity contribution in [2.45, 2.75) is 90.5 Å². The second kappa shape index (κ2) is 14.2. The van der Waals surface area contributed by atoms with Crippen molar-refractivity contribution in [3.63, 3.8) is 0 Å². The molecule has 2 aromatic rings. The summed E-state index contributed by atoms with van der Waals surface area (Å²) in [7, 11) is 0. The average molecular weight is 677 g/mol. The van der Waals surface area contributed by atoms with Crippen molar-refractivity contribution in [1.82, 2.24) is 9.80 Å². The molecule has 0 aliphatic carbocycles. The summed E-state index contributed by atoms with van der Waals surface area (Å²) < 4.78 is 16.1. The lowest BCUT2D eigenvalue weighted by atomic mass is 9.89. The molecule has 2 atom stereocenters. The standard InChI is InChI=1S/C37H44N2O10/c1-23-19-37(32(43)44,39(21-23)34(46)49-36(5,6)7)20-29(40)26-14-10-24(11-15-26)25-12-16-27(17-13-25)30(41)22-47-31(42)28-9-8-18-38(28)33(45)48-35(2,3)4/h10-17,19,28H,8-9,18,20-22H2,1-7H3,(H,43,44)/t28-,37+/m0/s1. The summed E-state index contributed by atoms with van der Waals surface area (Å²) in [5.41, 5.74) is -0.717. The molecule has 262 valence electrons. The van der Waals surface area contributed by atoms with Gasteiger partial charge in [0.15, 0.2) is 23.7 Å². The monoisotopic (exact) mass is 676 g/mol. The van der Waals surface area contributed by atoms with Crippen LogP contribution in [0.15, 0.2) is 60.2 Å². The van der Waals surface area contributed by atoms with E-state index >= 15 is 0 Å². The Morgan fingerprint density at radius 3 is 1.82 bits per heavy atom. The van der Waals surface area contributed by atoms with Gasteiger partial charge in [0.25, 0.3) is 0 Å². The van der Waals surface area contributed by atoms with Crippen LogP contribution in [0.25, 0.3) is 11.1 Å². The third-order valence-corrected chi connectivity index (χ3v) is 8.03. The second-order valence-corrected chi connectivity index (χ2v) is 14.4. The highest BCUT2D eigenvalue weighted by Crippen LogP contribution is 2.34. The highest BCUT2D eigenvalue weighted by Gasteiger charge is 2.51. The van der Waals surface area contributed by atoms with Crippen molar-refractivity contribution >= 4 is 35.7 Å². The highest BCUT2D eigenvalue weighted by atomic mass is 16.6. The fraction of sp³-hybridized carbons (Fsp3) is 0.459. The summed E-state index contributed by atoms with van der Waals surface area (Å²) in [6.45, 7) is 11.9. The van der Waals surface area contributed by atoms with Gasteiger partial charge in [0.2, 0.25) is 0 Å². The third-order valence-electron chi connectivity index (χ3n) is 8.03. The Labute approximate surface area is 286 Å². The largest absolute Gasteiger partial charge is 0.479 e. The lowest BCUT2D eigenvalue weighted by molar-refractivity contribution is -0.148. The van der Waals surface area contributed by atoms with E-state index in [1.54, 1.807) is 97.0 Å². The van der Waals surface area contributed by atoms with Gasteiger partial charge < -0.3 is 19.3 Å². The maximum absolute atomic E-state index is 13.4. The van der Waals surface area contributed by atoms with Crippen molar-refractivity contribution < 1.29 is 48.1 Å².